The molecule has 0 aromatic rings. The molecule has 0 heterocycles. The first-order valence-electron chi connectivity index (χ1n) is 7.62. The molecule has 0 saturated heterocycles. The van der Waals surface area contributed by atoms with Crippen molar-refractivity contribution >= 4 is 7.85 Å². The van der Waals surface area contributed by atoms with Gasteiger partial charge in [-0.1, -0.05) is 82.1 Å². The van der Waals surface area contributed by atoms with E-state index in [4.69, 9.17) is 13.4 Å². The van der Waals surface area contributed by atoms with Gasteiger partial charge in [0, 0.05) is 11.5 Å². The van der Waals surface area contributed by atoms with Crippen LogP contribution in [0.2, 0.25) is 6.32 Å². The van der Waals surface area contributed by atoms with E-state index < -0.39 is 0 Å². The zero-order valence-electron chi connectivity index (χ0n) is 11.8. The van der Waals surface area contributed by atoms with Crippen LogP contribution in [0.5, 0.6) is 0 Å². The molecule has 0 fully saturated rings. The van der Waals surface area contributed by atoms with Crippen LogP contribution >= 0.6 is 0 Å². The summed E-state index contributed by atoms with van der Waals surface area (Å²) >= 11 is 0. The number of azide groups is 1. The topological polar surface area (TPSA) is 48.8 Å². The Kier molecular flexibility index (Phi) is 15.8. The van der Waals surface area contributed by atoms with Crippen molar-refractivity contribution in [2.75, 3.05) is 6.54 Å². The maximum absolute atomic E-state index is 8.11. The quantitative estimate of drug-likeness (QED) is 0.127. The van der Waals surface area contributed by atoms with Gasteiger partial charge in [0.2, 0.25) is 0 Å². The van der Waals surface area contributed by atoms with E-state index >= 15 is 0 Å². The van der Waals surface area contributed by atoms with E-state index in [1.54, 1.807) is 0 Å². The van der Waals surface area contributed by atoms with E-state index in [2.05, 4.69) is 10.0 Å². The molecule has 0 aliphatic rings. The third-order valence-corrected chi connectivity index (χ3v) is 3.28. The lowest BCUT2D eigenvalue weighted by atomic mass is 9.98. The van der Waals surface area contributed by atoms with Crippen LogP contribution < -0.4 is 0 Å². The Labute approximate surface area is 114 Å². The highest BCUT2D eigenvalue weighted by molar-refractivity contribution is 6.08. The lowest BCUT2D eigenvalue weighted by Crippen LogP contribution is -1.84. The monoisotopic (exact) mass is 249 g/mol. The number of hydrogen-bond acceptors (Lipinski definition) is 1. The fourth-order valence-corrected chi connectivity index (χ4v) is 2.14. The molecule has 0 saturated carbocycles. The summed E-state index contributed by atoms with van der Waals surface area (Å²) in [5.41, 5.74) is 8.11. The number of hydrogen-bond donors (Lipinski definition) is 0. The van der Waals surface area contributed by atoms with Crippen molar-refractivity contribution in [2.45, 2.75) is 83.4 Å². The molecule has 18 heavy (non-hydrogen) atoms. The summed E-state index contributed by atoms with van der Waals surface area (Å²) in [6, 6.07) is 0. The Balaban J connectivity index is 2.92. The second-order valence-corrected chi connectivity index (χ2v) is 4.99. The van der Waals surface area contributed by atoms with Gasteiger partial charge >= 0.3 is 0 Å². The van der Waals surface area contributed by atoms with Gasteiger partial charge in [-0.15, -0.1) is 0 Å². The first-order chi connectivity index (χ1) is 8.91. The summed E-state index contributed by atoms with van der Waals surface area (Å²) in [6.45, 7) is 0.666. The van der Waals surface area contributed by atoms with Crippen molar-refractivity contribution in [1.29, 1.82) is 0 Å². The van der Waals surface area contributed by atoms with Crippen molar-refractivity contribution < 1.29 is 0 Å². The van der Waals surface area contributed by atoms with E-state index in [-0.39, 0.29) is 0 Å². The molecule has 0 rings (SSSR count). The maximum Gasteiger partial charge on any atom is 0.0653 e. The highest BCUT2D eigenvalue weighted by atomic mass is 15.1. The van der Waals surface area contributed by atoms with E-state index in [9.17, 15) is 0 Å². The minimum atomic E-state index is 0.666. The highest BCUT2D eigenvalue weighted by Crippen LogP contribution is 2.12. The fraction of sp³-hybridized carbons (Fsp3) is 1.00. The Morgan fingerprint density at radius 3 is 1.44 bits per heavy atom. The summed E-state index contributed by atoms with van der Waals surface area (Å²) < 4.78 is 0. The van der Waals surface area contributed by atoms with Gasteiger partial charge in [-0.25, -0.2) is 0 Å². The number of nitrogens with zero attached hydrogens (tertiary/aromatic N) is 3. The molecule has 102 valence electrons. The molecular weight excluding hydrogens is 221 g/mol. The average Bonchev–Trinajstić information content (AvgIpc) is 2.39. The molecule has 0 spiro atoms. The summed E-state index contributed by atoms with van der Waals surface area (Å²) in [4.78, 5) is 2.75. The standard InChI is InChI=1S/C14H28BN3/c15-13-11-9-7-5-3-1-2-4-6-8-10-12-14-17-18-16/h1-14H2. The van der Waals surface area contributed by atoms with Gasteiger partial charge in [-0.3, -0.25) is 0 Å². The van der Waals surface area contributed by atoms with Gasteiger partial charge in [0.15, 0.2) is 0 Å². The summed E-state index contributed by atoms with van der Waals surface area (Å²) in [7, 11) is 5.45. The van der Waals surface area contributed by atoms with Gasteiger partial charge < -0.3 is 0 Å². The molecule has 0 aliphatic carbocycles. The molecule has 0 aliphatic heterocycles. The van der Waals surface area contributed by atoms with E-state index in [1.807, 2.05) is 0 Å². The molecule has 2 radical (unpaired) electrons. The van der Waals surface area contributed by atoms with Gasteiger partial charge in [-0.2, -0.15) is 0 Å². The smallest absolute Gasteiger partial charge is 0.0653 e. The fourth-order valence-electron chi connectivity index (χ4n) is 2.14. The molecule has 0 aromatic carbocycles. The highest BCUT2D eigenvalue weighted by Gasteiger charge is 1.93. The van der Waals surface area contributed by atoms with E-state index in [1.165, 1.54) is 70.6 Å². The van der Waals surface area contributed by atoms with Crippen LogP contribution in [0, 0.1) is 0 Å². The van der Waals surface area contributed by atoms with Gasteiger partial charge in [0.25, 0.3) is 0 Å². The lowest BCUT2D eigenvalue weighted by molar-refractivity contribution is 0.545. The van der Waals surface area contributed by atoms with Crippen LogP contribution in [0.15, 0.2) is 5.11 Å². The Morgan fingerprint density at radius 1 is 0.667 bits per heavy atom. The van der Waals surface area contributed by atoms with Gasteiger partial charge in [-0.05, 0) is 12.0 Å². The molecule has 0 aromatic heterocycles. The predicted octanol–water partition coefficient (Wildman–Crippen LogP) is 5.56. The summed E-state index contributed by atoms with van der Waals surface area (Å²) in [5.74, 6) is 0. The largest absolute Gasteiger partial charge is 0.0940 e. The van der Waals surface area contributed by atoms with Crippen molar-refractivity contribution in [2.24, 2.45) is 5.11 Å². The van der Waals surface area contributed by atoms with Gasteiger partial charge in [0.05, 0.1) is 7.85 Å². The normalized spacial score (nSPS) is 10.2. The summed E-state index contributed by atoms with van der Waals surface area (Å²) in [5, 5.41) is 3.53. The number of unbranched alkanes of at least 4 members (excludes halogenated alkanes) is 11. The lowest BCUT2D eigenvalue weighted by Gasteiger charge is -2.02. The average molecular weight is 249 g/mol. The Morgan fingerprint density at radius 2 is 1.06 bits per heavy atom. The predicted molar refractivity (Wildman–Crippen MR) is 80.0 cm³/mol. The zero-order valence-corrected chi connectivity index (χ0v) is 11.8. The molecule has 0 bridgehead atoms. The van der Waals surface area contributed by atoms with Crippen molar-refractivity contribution in [3.05, 3.63) is 10.4 Å². The van der Waals surface area contributed by atoms with Crippen LogP contribution in [-0.4, -0.2) is 14.4 Å². The molecule has 0 unspecified atom stereocenters. The first-order valence-corrected chi connectivity index (χ1v) is 7.62. The second kappa shape index (κ2) is 16.4. The minimum absolute atomic E-state index is 0.666. The van der Waals surface area contributed by atoms with Crippen LogP contribution in [0.3, 0.4) is 0 Å². The van der Waals surface area contributed by atoms with Crippen LogP contribution in [0.25, 0.3) is 10.4 Å². The van der Waals surface area contributed by atoms with Crippen LogP contribution in [0.1, 0.15) is 77.0 Å². The third-order valence-electron chi connectivity index (χ3n) is 3.28. The molecule has 4 heteroatoms. The first kappa shape index (κ1) is 17.4. The maximum atomic E-state index is 8.11. The summed E-state index contributed by atoms with van der Waals surface area (Å²) in [6.07, 6.45) is 16.5. The molecular formula is C14H28BN3. The van der Waals surface area contributed by atoms with Crippen LogP contribution in [0.4, 0.5) is 0 Å². The third kappa shape index (κ3) is 15.4. The molecule has 3 nitrogen and oxygen atoms in total. The zero-order chi connectivity index (χ0) is 13.3. The number of rotatable bonds is 14. The molecule has 0 amide bonds. The van der Waals surface area contributed by atoms with Crippen LogP contribution in [-0.2, 0) is 0 Å². The minimum Gasteiger partial charge on any atom is -0.0940 e. The van der Waals surface area contributed by atoms with E-state index in [0.29, 0.717) is 6.54 Å². The molecule has 0 N–H and O–H groups in total. The van der Waals surface area contributed by atoms with E-state index in [0.717, 1.165) is 12.7 Å². The Hall–Kier alpha value is -0.625. The SMILES string of the molecule is [B]CCCCCCCCCCCCCCN=[N+]=[N-]. The van der Waals surface area contributed by atoms with Crippen molar-refractivity contribution in [3.8, 4) is 0 Å². The Bertz CT molecular complexity index is 203. The van der Waals surface area contributed by atoms with Gasteiger partial charge in [0.1, 0.15) is 0 Å². The van der Waals surface area contributed by atoms with Crippen molar-refractivity contribution in [3.63, 3.8) is 0 Å². The molecule has 0 atom stereocenters. The second-order valence-electron chi connectivity index (χ2n) is 4.99. The van der Waals surface area contributed by atoms with Crippen molar-refractivity contribution in [1.82, 2.24) is 0 Å².